The van der Waals surface area contributed by atoms with Gasteiger partial charge in [0.2, 0.25) is 5.96 Å². The maximum absolute atomic E-state index is 13.6. The van der Waals surface area contributed by atoms with Crippen LogP contribution >= 0.6 is 23.2 Å². The molecule has 3 rings (SSSR count). The molecule has 0 amide bonds. The zero-order chi connectivity index (χ0) is 22.8. The summed E-state index contributed by atoms with van der Waals surface area (Å²) in [5.74, 6) is -2.41. The van der Waals surface area contributed by atoms with Crippen molar-refractivity contribution >= 4 is 40.6 Å². The van der Waals surface area contributed by atoms with Gasteiger partial charge in [-0.2, -0.15) is 10.4 Å². The molecule has 0 spiro atoms. The Morgan fingerprint density at radius 2 is 2.00 bits per heavy atom. The summed E-state index contributed by atoms with van der Waals surface area (Å²) < 4.78 is 54.7. The first-order valence-electron chi connectivity index (χ1n) is 8.68. The van der Waals surface area contributed by atoms with Crippen LogP contribution in [-0.4, -0.2) is 29.6 Å². The Morgan fingerprint density at radius 1 is 1.26 bits per heavy atom. The molecule has 0 bridgehead atoms. The van der Waals surface area contributed by atoms with E-state index in [4.69, 9.17) is 28.5 Å². The summed E-state index contributed by atoms with van der Waals surface area (Å²) in [7, 11) is 0. The molecule has 1 atom stereocenters. The van der Waals surface area contributed by atoms with Gasteiger partial charge in [-0.15, -0.1) is 13.2 Å². The van der Waals surface area contributed by atoms with E-state index in [1.807, 2.05) is 6.92 Å². The van der Waals surface area contributed by atoms with Crippen LogP contribution in [0, 0.1) is 23.2 Å². The molecule has 0 aliphatic carbocycles. The van der Waals surface area contributed by atoms with E-state index in [0.29, 0.717) is 27.9 Å². The van der Waals surface area contributed by atoms with Crippen molar-refractivity contribution in [3.05, 3.63) is 57.8 Å². The highest BCUT2D eigenvalue weighted by molar-refractivity contribution is 6.42. The predicted octanol–water partition coefficient (Wildman–Crippen LogP) is 5.45. The molecule has 0 aromatic heterocycles. The Labute approximate surface area is 184 Å². The van der Waals surface area contributed by atoms with Crippen molar-refractivity contribution < 1.29 is 22.3 Å². The van der Waals surface area contributed by atoms with Gasteiger partial charge in [0, 0.05) is 12.0 Å². The second-order valence-electron chi connectivity index (χ2n) is 6.43. The molecule has 0 saturated heterocycles. The quantitative estimate of drug-likeness (QED) is 0.211. The van der Waals surface area contributed by atoms with Crippen LogP contribution < -0.4 is 10.1 Å². The molecule has 0 saturated carbocycles. The predicted molar refractivity (Wildman–Crippen MR) is 108 cm³/mol. The summed E-state index contributed by atoms with van der Waals surface area (Å²) in [5.41, 5.74) is 1.28. The Balaban J connectivity index is 1.94. The number of rotatable bonds is 3. The van der Waals surface area contributed by atoms with Crippen LogP contribution in [0.3, 0.4) is 0 Å². The van der Waals surface area contributed by atoms with Crippen LogP contribution in [-0.2, 0) is 0 Å². The van der Waals surface area contributed by atoms with Crippen molar-refractivity contribution in [2.45, 2.75) is 13.3 Å². The molecule has 1 N–H and O–H groups in total. The first-order valence-corrected chi connectivity index (χ1v) is 9.43. The van der Waals surface area contributed by atoms with Gasteiger partial charge in [0.15, 0.2) is 17.8 Å². The summed E-state index contributed by atoms with van der Waals surface area (Å²) in [6.07, 6.45) is -3.37. The average Bonchev–Trinajstić information content (AvgIpc) is 3.07. The van der Waals surface area contributed by atoms with Crippen molar-refractivity contribution in [1.29, 1.82) is 5.26 Å². The van der Waals surface area contributed by atoms with Gasteiger partial charge in [-0.3, -0.25) is 5.32 Å². The molecule has 31 heavy (non-hydrogen) atoms. The van der Waals surface area contributed by atoms with E-state index >= 15 is 0 Å². The summed E-state index contributed by atoms with van der Waals surface area (Å²) >= 11 is 12.0. The Morgan fingerprint density at radius 3 is 2.65 bits per heavy atom. The van der Waals surface area contributed by atoms with Gasteiger partial charge in [0.1, 0.15) is 0 Å². The van der Waals surface area contributed by atoms with Crippen LogP contribution in [0.5, 0.6) is 5.75 Å². The minimum absolute atomic E-state index is 0.0611. The van der Waals surface area contributed by atoms with Gasteiger partial charge in [-0.1, -0.05) is 36.2 Å². The average molecular weight is 474 g/mol. The lowest BCUT2D eigenvalue weighted by atomic mass is 9.99. The third-order valence-corrected chi connectivity index (χ3v) is 4.88. The maximum Gasteiger partial charge on any atom is 0.573 e. The highest BCUT2D eigenvalue weighted by Gasteiger charge is 2.32. The largest absolute Gasteiger partial charge is 0.573 e. The number of ether oxygens (including phenoxy) is 1. The minimum Gasteiger partial charge on any atom is -0.403 e. The molecule has 1 heterocycles. The number of alkyl halides is 3. The minimum atomic E-state index is -5.07. The lowest BCUT2D eigenvalue weighted by molar-refractivity contribution is -0.275. The molecule has 0 fully saturated rings. The van der Waals surface area contributed by atoms with Gasteiger partial charge in [-0.25, -0.2) is 14.4 Å². The van der Waals surface area contributed by atoms with Gasteiger partial charge in [0.05, 0.1) is 28.0 Å². The summed E-state index contributed by atoms with van der Waals surface area (Å²) in [6, 6.07) is 7.70. The van der Waals surface area contributed by atoms with Crippen LogP contribution in [0.4, 0.5) is 23.2 Å². The highest BCUT2D eigenvalue weighted by Crippen LogP contribution is 2.30. The lowest BCUT2D eigenvalue weighted by Gasteiger charge is -2.15. The number of halogens is 6. The fourth-order valence-electron chi connectivity index (χ4n) is 2.83. The van der Waals surface area contributed by atoms with Gasteiger partial charge in [-0.05, 0) is 29.8 Å². The van der Waals surface area contributed by atoms with Crippen molar-refractivity contribution in [2.24, 2.45) is 16.0 Å². The standard InChI is InChI=1S/C19H13Cl2F4N5O/c1-10-8-30(29-17(10)11-2-4-13(20)14(21)6-11)18(27-9-26)28-12-3-5-15(22)16(7-12)31-19(23,24)25/h2-7,10H,8H2,1H3,(H,27,28). The number of hydrazone groups is 1. The first kappa shape index (κ1) is 22.7. The number of benzene rings is 2. The zero-order valence-electron chi connectivity index (χ0n) is 15.7. The first-order chi connectivity index (χ1) is 14.6. The molecule has 1 unspecified atom stereocenters. The number of hydrogen-bond donors (Lipinski definition) is 1. The van der Waals surface area contributed by atoms with Crippen LogP contribution in [0.2, 0.25) is 10.0 Å². The van der Waals surface area contributed by atoms with Crippen LogP contribution in [0.15, 0.2) is 46.5 Å². The van der Waals surface area contributed by atoms with Crippen molar-refractivity contribution in [3.8, 4) is 11.9 Å². The van der Waals surface area contributed by atoms with Gasteiger partial charge < -0.3 is 4.74 Å². The van der Waals surface area contributed by atoms with E-state index in [0.717, 1.165) is 18.2 Å². The third-order valence-electron chi connectivity index (χ3n) is 4.15. The molecule has 6 nitrogen and oxygen atoms in total. The zero-order valence-corrected chi connectivity index (χ0v) is 17.2. The Kier molecular flexibility index (Phi) is 6.57. The molecular formula is C19H13Cl2F4N5O. The Bertz CT molecular complexity index is 1100. The molecule has 12 heteroatoms. The number of nitrogens with zero attached hydrogens (tertiary/aromatic N) is 4. The van der Waals surface area contributed by atoms with Crippen molar-refractivity contribution in [2.75, 3.05) is 6.54 Å². The summed E-state index contributed by atoms with van der Waals surface area (Å²) in [5, 5.41) is 17.9. The normalized spacial score (nSPS) is 16.7. The van der Waals surface area contributed by atoms with Gasteiger partial charge >= 0.3 is 6.36 Å². The highest BCUT2D eigenvalue weighted by atomic mass is 35.5. The van der Waals surface area contributed by atoms with E-state index in [9.17, 15) is 17.6 Å². The van der Waals surface area contributed by atoms with Gasteiger partial charge in [0.25, 0.3) is 0 Å². The second-order valence-corrected chi connectivity index (χ2v) is 7.25. The lowest BCUT2D eigenvalue weighted by Crippen LogP contribution is -2.35. The third kappa shape index (κ3) is 5.57. The monoisotopic (exact) mass is 473 g/mol. The summed E-state index contributed by atoms with van der Waals surface area (Å²) in [4.78, 5) is 4.10. The van der Waals surface area contributed by atoms with E-state index < -0.39 is 17.9 Å². The van der Waals surface area contributed by atoms with Crippen molar-refractivity contribution in [1.82, 2.24) is 10.3 Å². The molecule has 0 radical (unpaired) electrons. The number of aliphatic imine (C=N–C) groups is 1. The fraction of sp³-hybridized carbons (Fsp3) is 0.211. The number of nitriles is 1. The molecular weight excluding hydrogens is 461 g/mol. The number of hydrogen-bond acceptors (Lipinski definition) is 4. The van der Waals surface area contributed by atoms with E-state index in [2.05, 4.69) is 20.1 Å². The van der Waals surface area contributed by atoms with Crippen LogP contribution in [0.25, 0.3) is 0 Å². The fourth-order valence-corrected chi connectivity index (χ4v) is 3.13. The molecule has 2 aromatic carbocycles. The van der Waals surface area contributed by atoms with Crippen LogP contribution in [0.1, 0.15) is 12.5 Å². The molecule has 2 aromatic rings. The second kappa shape index (κ2) is 8.99. The van der Waals surface area contributed by atoms with E-state index in [1.54, 1.807) is 24.4 Å². The number of nitrogens with one attached hydrogen (secondary N) is 1. The topological polar surface area (TPSA) is 73.0 Å². The SMILES string of the molecule is CC1CN(C(=Nc2ccc(F)c(OC(F)(F)F)c2)NC#N)N=C1c1ccc(Cl)c(Cl)c1. The maximum atomic E-state index is 13.6. The van der Waals surface area contributed by atoms with E-state index in [1.165, 1.54) is 5.01 Å². The molecule has 1 aliphatic rings. The molecule has 1 aliphatic heterocycles. The Hall–Kier alpha value is -3.03. The van der Waals surface area contributed by atoms with E-state index in [-0.39, 0.29) is 17.6 Å². The van der Waals surface area contributed by atoms with Crippen molar-refractivity contribution in [3.63, 3.8) is 0 Å². The summed E-state index contributed by atoms with van der Waals surface area (Å²) in [6.45, 7) is 2.20. The molecule has 162 valence electrons. The smallest absolute Gasteiger partial charge is 0.403 e. The number of guanidine groups is 1.